The Morgan fingerprint density at radius 3 is 2.38 bits per heavy atom. The zero-order valence-electron chi connectivity index (χ0n) is 9.82. The summed E-state index contributed by atoms with van der Waals surface area (Å²) in [6, 6.07) is 6.57. The number of carbonyl (C=O) groups is 1. The minimum atomic E-state index is -0.709. The Morgan fingerprint density at radius 2 is 1.81 bits per heavy atom. The van der Waals surface area contributed by atoms with E-state index in [4.69, 9.17) is 5.11 Å². The Bertz CT molecular complexity index is 341. The van der Waals surface area contributed by atoms with Gasteiger partial charge in [-0.1, -0.05) is 29.3 Å². The maximum absolute atomic E-state index is 10.3. The van der Waals surface area contributed by atoms with Crippen LogP contribution in [0, 0.1) is 13.8 Å². The molecule has 0 saturated carbocycles. The van der Waals surface area contributed by atoms with Crippen molar-refractivity contribution in [3.05, 3.63) is 34.9 Å². The van der Waals surface area contributed by atoms with Crippen LogP contribution in [0.1, 0.15) is 23.1 Å². The van der Waals surface area contributed by atoms with Gasteiger partial charge >= 0.3 is 5.97 Å². The van der Waals surface area contributed by atoms with E-state index in [9.17, 15) is 4.79 Å². The smallest absolute Gasteiger partial charge is 0.304 e. The normalized spacial score (nSPS) is 10.4. The molecule has 1 rings (SSSR count). The van der Waals surface area contributed by atoms with E-state index in [0.29, 0.717) is 5.75 Å². The minimum Gasteiger partial charge on any atom is -0.481 e. The Balaban J connectivity index is 2.29. The number of aryl methyl sites for hydroxylation is 3. The molecule has 0 aromatic heterocycles. The van der Waals surface area contributed by atoms with Crippen molar-refractivity contribution in [1.29, 1.82) is 0 Å². The molecule has 0 atom stereocenters. The average molecular weight is 238 g/mol. The third-order valence-corrected chi connectivity index (χ3v) is 3.26. The molecule has 0 aliphatic carbocycles. The van der Waals surface area contributed by atoms with E-state index in [-0.39, 0.29) is 6.42 Å². The fourth-order valence-corrected chi connectivity index (χ4v) is 2.57. The molecule has 0 aliphatic rings. The highest BCUT2D eigenvalue weighted by molar-refractivity contribution is 7.99. The van der Waals surface area contributed by atoms with Crippen molar-refractivity contribution in [3.63, 3.8) is 0 Å². The summed E-state index contributed by atoms with van der Waals surface area (Å²) in [5.41, 5.74) is 3.94. The van der Waals surface area contributed by atoms with E-state index in [0.717, 1.165) is 12.2 Å². The summed E-state index contributed by atoms with van der Waals surface area (Å²) in [5.74, 6) is 0.995. The van der Waals surface area contributed by atoms with Gasteiger partial charge in [-0.25, -0.2) is 0 Å². The first kappa shape index (κ1) is 13.1. The number of carboxylic acids is 1. The lowest BCUT2D eigenvalue weighted by atomic mass is 10.1. The van der Waals surface area contributed by atoms with Crippen LogP contribution in [0.5, 0.6) is 0 Å². The molecule has 0 amide bonds. The molecule has 0 aliphatic heterocycles. The summed E-state index contributed by atoms with van der Waals surface area (Å²) in [4.78, 5) is 10.3. The topological polar surface area (TPSA) is 37.3 Å². The van der Waals surface area contributed by atoms with Crippen molar-refractivity contribution >= 4 is 17.7 Å². The van der Waals surface area contributed by atoms with Crippen LogP contribution in [0.3, 0.4) is 0 Å². The fourth-order valence-electron chi connectivity index (χ4n) is 1.66. The second-order valence-electron chi connectivity index (χ2n) is 4.00. The van der Waals surface area contributed by atoms with Crippen LogP contribution in [-0.4, -0.2) is 22.6 Å². The number of hydrogen-bond donors (Lipinski definition) is 1. The van der Waals surface area contributed by atoms with Gasteiger partial charge in [0.1, 0.15) is 0 Å². The second-order valence-corrected chi connectivity index (χ2v) is 5.23. The van der Waals surface area contributed by atoms with Gasteiger partial charge in [-0.3, -0.25) is 4.79 Å². The van der Waals surface area contributed by atoms with Gasteiger partial charge in [0, 0.05) is 5.75 Å². The average Bonchev–Trinajstić information content (AvgIpc) is 2.15. The van der Waals surface area contributed by atoms with Crippen molar-refractivity contribution < 1.29 is 9.90 Å². The molecule has 0 saturated heterocycles. The molecule has 2 nitrogen and oxygen atoms in total. The summed E-state index contributed by atoms with van der Waals surface area (Å²) in [7, 11) is 0. The van der Waals surface area contributed by atoms with Gasteiger partial charge in [0.05, 0.1) is 6.42 Å². The lowest BCUT2D eigenvalue weighted by molar-refractivity contribution is -0.136. The van der Waals surface area contributed by atoms with Crippen molar-refractivity contribution in [2.75, 3.05) is 11.5 Å². The third kappa shape index (κ3) is 5.21. The van der Waals surface area contributed by atoms with Crippen molar-refractivity contribution in [3.8, 4) is 0 Å². The third-order valence-electron chi connectivity index (χ3n) is 2.28. The van der Waals surface area contributed by atoms with Gasteiger partial charge in [-0.15, -0.1) is 0 Å². The van der Waals surface area contributed by atoms with Crippen LogP contribution in [0.2, 0.25) is 0 Å². The lowest BCUT2D eigenvalue weighted by Crippen LogP contribution is -1.98. The first-order valence-corrected chi connectivity index (χ1v) is 6.60. The number of carboxylic acid groups (broad SMARTS) is 1. The molecule has 0 fully saturated rings. The molecular weight excluding hydrogens is 220 g/mol. The minimum absolute atomic E-state index is 0.261. The van der Waals surface area contributed by atoms with Gasteiger partial charge in [0.15, 0.2) is 0 Å². The molecule has 3 heteroatoms. The quantitative estimate of drug-likeness (QED) is 0.774. The molecule has 88 valence electrons. The molecule has 1 N–H and O–H groups in total. The zero-order chi connectivity index (χ0) is 12.0. The SMILES string of the molecule is Cc1cc(C)cc(CCSCCC(=O)O)c1. The van der Waals surface area contributed by atoms with Gasteiger partial charge in [-0.05, 0) is 31.6 Å². The molecule has 0 radical (unpaired) electrons. The van der Waals surface area contributed by atoms with Gasteiger partial charge in [0.2, 0.25) is 0 Å². The molecule has 1 aromatic carbocycles. The highest BCUT2D eigenvalue weighted by atomic mass is 32.2. The van der Waals surface area contributed by atoms with E-state index in [1.807, 2.05) is 0 Å². The summed E-state index contributed by atoms with van der Waals surface area (Å²) in [6.07, 6.45) is 1.28. The standard InChI is InChI=1S/C13H18O2S/c1-10-7-11(2)9-12(8-10)3-5-16-6-4-13(14)15/h7-9H,3-6H2,1-2H3,(H,14,15). The zero-order valence-corrected chi connectivity index (χ0v) is 10.6. The van der Waals surface area contributed by atoms with E-state index < -0.39 is 5.97 Å². The molecule has 0 bridgehead atoms. The molecule has 0 heterocycles. The van der Waals surface area contributed by atoms with E-state index >= 15 is 0 Å². The predicted octanol–water partition coefficient (Wildman–Crippen LogP) is 3.05. The maximum atomic E-state index is 10.3. The van der Waals surface area contributed by atoms with Crippen molar-refractivity contribution in [2.24, 2.45) is 0 Å². The summed E-state index contributed by atoms with van der Waals surface area (Å²) in [6.45, 7) is 4.21. The summed E-state index contributed by atoms with van der Waals surface area (Å²) >= 11 is 1.71. The van der Waals surface area contributed by atoms with Crippen molar-refractivity contribution in [2.45, 2.75) is 26.7 Å². The monoisotopic (exact) mass is 238 g/mol. The highest BCUT2D eigenvalue weighted by Gasteiger charge is 1.99. The summed E-state index contributed by atoms with van der Waals surface area (Å²) in [5, 5.41) is 8.49. The fraction of sp³-hybridized carbons (Fsp3) is 0.462. The first-order chi connectivity index (χ1) is 7.58. The molecule has 1 aromatic rings. The number of benzene rings is 1. The van der Waals surface area contributed by atoms with Crippen LogP contribution in [-0.2, 0) is 11.2 Å². The molecule has 0 unspecified atom stereocenters. The Labute approximate surface area is 101 Å². The largest absolute Gasteiger partial charge is 0.481 e. The van der Waals surface area contributed by atoms with E-state index in [1.165, 1.54) is 16.7 Å². The highest BCUT2D eigenvalue weighted by Crippen LogP contribution is 2.12. The molecular formula is C13H18O2S. The molecule has 0 spiro atoms. The van der Waals surface area contributed by atoms with Gasteiger partial charge in [0.25, 0.3) is 0 Å². The lowest BCUT2D eigenvalue weighted by Gasteiger charge is -2.04. The number of hydrogen-bond acceptors (Lipinski definition) is 2. The Morgan fingerprint density at radius 1 is 1.19 bits per heavy atom. The van der Waals surface area contributed by atoms with Crippen LogP contribution < -0.4 is 0 Å². The Kier molecular flexibility index (Phi) is 5.39. The van der Waals surface area contributed by atoms with Gasteiger partial charge in [-0.2, -0.15) is 11.8 Å². The van der Waals surface area contributed by atoms with Crippen LogP contribution >= 0.6 is 11.8 Å². The number of aliphatic carboxylic acids is 1. The Hall–Kier alpha value is -0.960. The first-order valence-electron chi connectivity index (χ1n) is 5.44. The predicted molar refractivity (Wildman–Crippen MR) is 69.2 cm³/mol. The van der Waals surface area contributed by atoms with Crippen LogP contribution in [0.25, 0.3) is 0 Å². The molecule has 16 heavy (non-hydrogen) atoms. The summed E-state index contributed by atoms with van der Waals surface area (Å²) < 4.78 is 0. The van der Waals surface area contributed by atoms with E-state index in [2.05, 4.69) is 32.0 Å². The van der Waals surface area contributed by atoms with Gasteiger partial charge < -0.3 is 5.11 Å². The second kappa shape index (κ2) is 6.59. The number of thioether (sulfide) groups is 1. The van der Waals surface area contributed by atoms with Crippen LogP contribution in [0.4, 0.5) is 0 Å². The van der Waals surface area contributed by atoms with E-state index in [1.54, 1.807) is 11.8 Å². The number of rotatable bonds is 6. The maximum Gasteiger partial charge on any atom is 0.304 e. The van der Waals surface area contributed by atoms with Crippen LogP contribution in [0.15, 0.2) is 18.2 Å². The van der Waals surface area contributed by atoms with Crippen molar-refractivity contribution in [1.82, 2.24) is 0 Å².